The van der Waals surface area contributed by atoms with E-state index in [1.54, 1.807) is 0 Å². The molecule has 0 aliphatic rings. The number of halogens is 3. The molecule has 0 atom stereocenters. The molecule has 0 bridgehead atoms. The molecule has 9 heteroatoms. The molecule has 0 aliphatic carbocycles. The highest BCUT2D eigenvalue weighted by atomic mass is 32.1. The number of pyridine rings is 1. The third kappa shape index (κ3) is 4.44. The van der Waals surface area contributed by atoms with Crippen LogP contribution in [0.2, 0.25) is 0 Å². The minimum Gasteiger partial charge on any atom is -0.352 e. The minimum absolute atomic E-state index is 0.149. The van der Waals surface area contributed by atoms with Gasteiger partial charge in [0.15, 0.2) is 0 Å². The van der Waals surface area contributed by atoms with Crippen LogP contribution in [0.5, 0.6) is 0 Å². The smallest absolute Gasteiger partial charge is 0.352 e. The molecule has 2 N–H and O–H groups in total. The van der Waals surface area contributed by atoms with Crippen LogP contribution in [-0.2, 0) is 12.6 Å². The summed E-state index contributed by atoms with van der Waals surface area (Å²) in [4.78, 5) is 29.5. The fourth-order valence-electron chi connectivity index (χ4n) is 2.00. The van der Waals surface area contributed by atoms with Gasteiger partial charge in [0.1, 0.15) is 0 Å². The largest absolute Gasteiger partial charge is 0.417 e. The van der Waals surface area contributed by atoms with Gasteiger partial charge in [0.25, 0.3) is 5.91 Å². The third-order valence-corrected chi connectivity index (χ3v) is 4.40. The van der Waals surface area contributed by atoms with Crippen LogP contribution in [0.15, 0.2) is 22.4 Å². The number of aromatic nitrogens is 2. The maximum Gasteiger partial charge on any atom is 0.417 e. The first kappa shape index (κ1) is 18.2. The molecule has 0 saturated carbocycles. The van der Waals surface area contributed by atoms with Crippen LogP contribution in [0.25, 0.3) is 0 Å². The Morgan fingerprint density at radius 1 is 1.42 bits per heavy atom. The van der Waals surface area contributed by atoms with Gasteiger partial charge >= 0.3 is 6.18 Å². The topological polar surface area (TPSA) is 74.8 Å². The molecule has 0 saturated heterocycles. The number of amides is 1. The van der Waals surface area contributed by atoms with Crippen LogP contribution in [0, 0.1) is 0 Å². The molecule has 2 aromatic rings. The van der Waals surface area contributed by atoms with Crippen molar-refractivity contribution in [1.82, 2.24) is 15.3 Å². The molecule has 2 heterocycles. The van der Waals surface area contributed by atoms with Gasteiger partial charge in [0, 0.05) is 36.5 Å². The number of alkyl halides is 3. The Labute approximate surface area is 139 Å². The quantitative estimate of drug-likeness (QED) is 0.862. The number of thiazole rings is 1. The summed E-state index contributed by atoms with van der Waals surface area (Å²) in [5, 5.41) is 5.25. The van der Waals surface area contributed by atoms with Crippen LogP contribution >= 0.6 is 11.3 Å². The fraction of sp³-hybridized carbons (Fsp3) is 0.400. The Bertz CT molecular complexity index is 781. The van der Waals surface area contributed by atoms with Gasteiger partial charge in [0.2, 0.25) is 5.56 Å². The van der Waals surface area contributed by atoms with E-state index < -0.39 is 28.8 Å². The van der Waals surface area contributed by atoms with E-state index in [2.05, 4.69) is 15.3 Å². The van der Waals surface area contributed by atoms with E-state index in [0.717, 1.165) is 16.9 Å². The van der Waals surface area contributed by atoms with Gasteiger partial charge in [0.05, 0.1) is 21.8 Å². The number of rotatable bonds is 5. The number of carbonyl (C=O) groups excluding carboxylic acids is 1. The van der Waals surface area contributed by atoms with Crippen LogP contribution in [0.1, 0.15) is 46.4 Å². The Hall–Kier alpha value is -2.16. The normalized spacial score (nSPS) is 11.8. The van der Waals surface area contributed by atoms with Gasteiger partial charge < -0.3 is 10.3 Å². The lowest BCUT2D eigenvalue weighted by molar-refractivity contribution is -0.138. The maximum absolute atomic E-state index is 12.9. The summed E-state index contributed by atoms with van der Waals surface area (Å²) in [6.07, 6.45) is -3.58. The first-order valence-corrected chi connectivity index (χ1v) is 8.09. The van der Waals surface area contributed by atoms with Crippen LogP contribution in [0.3, 0.4) is 0 Å². The molecule has 1 amide bonds. The molecular formula is C15H16F3N3O2S. The standard InChI is InChI=1S/C15H16F3N3O2S/c1-8(2)14-21-9(7-24-14)3-4-19-13(23)10-6-20-12(22)5-11(10)15(16,17)18/h5-8H,3-4H2,1-2H3,(H,19,23)(H,20,22). The number of nitrogens with one attached hydrogen (secondary N) is 2. The van der Waals surface area contributed by atoms with Gasteiger partial charge in [-0.1, -0.05) is 13.8 Å². The SMILES string of the molecule is CC(C)c1nc(CCNC(=O)c2c[nH]c(=O)cc2C(F)(F)F)cs1. The zero-order valence-corrected chi connectivity index (χ0v) is 13.8. The first-order valence-electron chi connectivity index (χ1n) is 7.21. The van der Waals surface area contributed by atoms with E-state index in [0.29, 0.717) is 18.4 Å². The molecular weight excluding hydrogens is 343 g/mol. The lowest BCUT2D eigenvalue weighted by Gasteiger charge is -2.11. The highest BCUT2D eigenvalue weighted by Crippen LogP contribution is 2.30. The Morgan fingerprint density at radius 2 is 2.12 bits per heavy atom. The van der Waals surface area contributed by atoms with Crippen molar-refractivity contribution in [2.24, 2.45) is 0 Å². The summed E-state index contributed by atoms with van der Waals surface area (Å²) in [6.45, 7) is 4.18. The second kappa shape index (κ2) is 7.16. The third-order valence-electron chi connectivity index (χ3n) is 3.20. The molecule has 0 aliphatic heterocycles. The van der Waals surface area contributed by atoms with Crippen molar-refractivity contribution in [1.29, 1.82) is 0 Å². The highest BCUT2D eigenvalue weighted by Gasteiger charge is 2.35. The van der Waals surface area contributed by atoms with E-state index in [-0.39, 0.29) is 6.54 Å². The number of nitrogens with zero attached hydrogens (tertiary/aromatic N) is 1. The van der Waals surface area contributed by atoms with E-state index in [1.807, 2.05) is 19.2 Å². The maximum atomic E-state index is 12.9. The lowest BCUT2D eigenvalue weighted by atomic mass is 10.1. The average molecular weight is 359 g/mol. The minimum atomic E-state index is -4.78. The molecule has 0 radical (unpaired) electrons. The second-order valence-electron chi connectivity index (χ2n) is 5.46. The molecule has 0 aromatic carbocycles. The number of hydrogen-bond acceptors (Lipinski definition) is 4. The number of aromatic amines is 1. The summed E-state index contributed by atoms with van der Waals surface area (Å²) in [5.74, 6) is -0.591. The van der Waals surface area contributed by atoms with Crippen LogP contribution < -0.4 is 10.9 Å². The molecule has 5 nitrogen and oxygen atoms in total. The van der Waals surface area contributed by atoms with Gasteiger partial charge in [-0.05, 0) is 0 Å². The molecule has 24 heavy (non-hydrogen) atoms. The monoisotopic (exact) mass is 359 g/mol. The van der Waals surface area contributed by atoms with E-state index in [4.69, 9.17) is 0 Å². The zero-order chi connectivity index (χ0) is 17.9. The van der Waals surface area contributed by atoms with Gasteiger partial charge in [-0.15, -0.1) is 11.3 Å². The zero-order valence-electron chi connectivity index (χ0n) is 13.0. The number of hydrogen-bond donors (Lipinski definition) is 2. The highest BCUT2D eigenvalue weighted by molar-refractivity contribution is 7.09. The summed E-state index contributed by atoms with van der Waals surface area (Å²) in [5.41, 5.74) is -1.99. The Kier molecular flexibility index (Phi) is 5.43. The van der Waals surface area contributed by atoms with Crippen molar-refractivity contribution in [3.8, 4) is 0 Å². The Balaban J connectivity index is 2.03. The predicted octanol–water partition coefficient (Wildman–Crippen LogP) is 2.95. The summed E-state index contributed by atoms with van der Waals surface area (Å²) in [7, 11) is 0. The van der Waals surface area contributed by atoms with E-state index >= 15 is 0 Å². The number of H-pyrrole nitrogens is 1. The summed E-state index contributed by atoms with van der Waals surface area (Å²) >= 11 is 1.51. The Morgan fingerprint density at radius 3 is 2.71 bits per heavy atom. The van der Waals surface area contributed by atoms with Crippen molar-refractivity contribution in [2.75, 3.05) is 6.54 Å². The first-order chi connectivity index (χ1) is 11.2. The second-order valence-corrected chi connectivity index (χ2v) is 6.35. The van der Waals surface area contributed by atoms with Gasteiger partial charge in [-0.3, -0.25) is 9.59 Å². The molecule has 130 valence electrons. The molecule has 2 aromatic heterocycles. The van der Waals surface area contributed by atoms with Crippen molar-refractivity contribution in [3.63, 3.8) is 0 Å². The van der Waals surface area contributed by atoms with Crippen LogP contribution in [0.4, 0.5) is 13.2 Å². The van der Waals surface area contributed by atoms with Gasteiger partial charge in [-0.2, -0.15) is 13.2 Å². The van der Waals surface area contributed by atoms with E-state index in [1.165, 1.54) is 11.3 Å². The molecule has 0 unspecified atom stereocenters. The fourth-order valence-corrected chi connectivity index (χ4v) is 2.87. The summed E-state index contributed by atoms with van der Waals surface area (Å²) < 4.78 is 38.7. The number of carbonyl (C=O) groups is 1. The van der Waals surface area contributed by atoms with Crippen molar-refractivity contribution in [3.05, 3.63) is 49.8 Å². The van der Waals surface area contributed by atoms with Crippen molar-refractivity contribution in [2.45, 2.75) is 32.4 Å². The van der Waals surface area contributed by atoms with E-state index in [9.17, 15) is 22.8 Å². The molecule has 0 fully saturated rings. The van der Waals surface area contributed by atoms with Gasteiger partial charge in [-0.25, -0.2) is 4.98 Å². The van der Waals surface area contributed by atoms with Crippen LogP contribution in [-0.4, -0.2) is 22.4 Å². The predicted molar refractivity (Wildman–Crippen MR) is 84.3 cm³/mol. The lowest BCUT2D eigenvalue weighted by Crippen LogP contribution is -2.29. The average Bonchev–Trinajstić information content (AvgIpc) is 2.95. The van der Waals surface area contributed by atoms with Crippen molar-refractivity contribution >= 4 is 17.2 Å². The van der Waals surface area contributed by atoms with Crippen molar-refractivity contribution < 1.29 is 18.0 Å². The summed E-state index contributed by atoms with van der Waals surface area (Å²) in [6, 6.07) is 0.379. The molecule has 0 spiro atoms. The molecule has 2 rings (SSSR count).